The van der Waals surface area contributed by atoms with Gasteiger partial charge in [0.1, 0.15) is 0 Å². The number of para-hydroxylation sites is 1. The van der Waals surface area contributed by atoms with Gasteiger partial charge in [0.2, 0.25) is 5.91 Å². The quantitative estimate of drug-likeness (QED) is 0.838. The molecule has 2 aromatic carbocycles. The van der Waals surface area contributed by atoms with Crippen LogP contribution in [0.15, 0.2) is 60.7 Å². The number of hydrogen-bond donors (Lipinski definition) is 0. The minimum absolute atomic E-state index is 0.188. The maximum absolute atomic E-state index is 12.0. The summed E-state index contributed by atoms with van der Waals surface area (Å²) in [6.45, 7) is 1.39. The van der Waals surface area contributed by atoms with Crippen molar-refractivity contribution in [3.05, 3.63) is 66.2 Å². The summed E-state index contributed by atoms with van der Waals surface area (Å²) < 4.78 is 0. The normalized spacial score (nSPS) is 15.1. The molecule has 0 unspecified atom stereocenters. The summed E-state index contributed by atoms with van der Waals surface area (Å²) in [5.74, 6) is 0.188. The average molecular weight is 252 g/mol. The van der Waals surface area contributed by atoms with Crippen LogP contribution in [0.5, 0.6) is 0 Å². The molecule has 0 aromatic heterocycles. The van der Waals surface area contributed by atoms with Crippen LogP contribution < -0.4 is 5.01 Å². The summed E-state index contributed by atoms with van der Waals surface area (Å²) in [6.07, 6.45) is 0.585. The van der Waals surface area contributed by atoms with Crippen molar-refractivity contribution in [1.82, 2.24) is 5.01 Å². The van der Waals surface area contributed by atoms with E-state index in [0.717, 1.165) is 17.8 Å². The van der Waals surface area contributed by atoms with E-state index in [4.69, 9.17) is 0 Å². The molecule has 96 valence electrons. The minimum atomic E-state index is 0.188. The lowest BCUT2D eigenvalue weighted by atomic mass is 10.2. The van der Waals surface area contributed by atoms with E-state index in [0.29, 0.717) is 13.0 Å². The molecule has 0 N–H and O–H groups in total. The highest BCUT2D eigenvalue weighted by molar-refractivity contribution is 5.81. The van der Waals surface area contributed by atoms with Gasteiger partial charge in [0.05, 0.1) is 12.2 Å². The van der Waals surface area contributed by atoms with Crippen LogP contribution in [0.1, 0.15) is 12.0 Å². The summed E-state index contributed by atoms with van der Waals surface area (Å²) in [4.78, 5) is 12.0. The molecule has 1 amide bonds. The van der Waals surface area contributed by atoms with E-state index >= 15 is 0 Å². The van der Waals surface area contributed by atoms with E-state index in [1.165, 1.54) is 0 Å². The second-order valence-electron chi connectivity index (χ2n) is 4.65. The van der Waals surface area contributed by atoms with Crippen LogP contribution >= 0.6 is 0 Å². The molecule has 1 fully saturated rings. The van der Waals surface area contributed by atoms with Gasteiger partial charge in [-0.15, -0.1) is 0 Å². The van der Waals surface area contributed by atoms with Gasteiger partial charge in [0.25, 0.3) is 0 Å². The molecule has 0 aliphatic carbocycles. The highest BCUT2D eigenvalue weighted by Gasteiger charge is 2.28. The van der Waals surface area contributed by atoms with Gasteiger partial charge in [-0.1, -0.05) is 48.5 Å². The molecule has 3 rings (SSSR count). The Morgan fingerprint density at radius 3 is 2.21 bits per heavy atom. The summed E-state index contributed by atoms with van der Waals surface area (Å²) in [6, 6.07) is 20.2. The van der Waals surface area contributed by atoms with Crippen LogP contribution in [0, 0.1) is 0 Å². The summed E-state index contributed by atoms with van der Waals surface area (Å²) in [5.41, 5.74) is 2.22. The zero-order valence-corrected chi connectivity index (χ0v) is 10.7. The third-order valence-corrected chi connectivity index (χ3v) is 3.35. The number of hydrazine groups is 1. The molecule has 0 spiro atoms. The zero-order chi connectivity index (χ0) is 13.1. The lowest BCUT2D eigenvalue weighted by Crippen LogP contribution is -2.38. The van der Waals surface area contributed by atoms with Crippen molar-refractivity contribution in [3.63, 3.8) is 0 Å². The molecule has 0 bridgehead atoms. The van der Waals surface area contributed by atoms with Gasteiger partial charge < -0.3 is 0 Å². The van der Waals surface area contributed by atoms with Crippen LogP contribution in [-0.2, 0) is 11.3 Å². The number of benzene rings is 2. The molecule has 1 saturated heterocycles. The molecule has 1 aliphatic heterocycles. The van der Waals surface area contributed by atoms with Crippen LogP contribution in [0.4, 0.5) is 5.69 Å². The number of rotatable bonds is 3. The monoisotopic (exact) mass is 252 g/mol. The van der Waals surface area contributed by atoms with Crippen LogP contribution in [0.3, 0.4) is 0 Å². The number of nitrogens with zero attached hydrogens (tertiary/aromatic N) is 2. The van der Waals surface area contributed by atoms with E-state index in [1.54, 1.807) is 0 Å². The first kappa shape index (κ1) is 11.8. The second kappa shape index (κ2) is 5.14. The molecule has 3 heteroatoms. The molecule has 2 aromatic rings. The molecule has 19 heavy (non-hydrogen) atoms. The maximum atomic E-state index is 12.0. The maximum Gasteiger partial charge on any atom is 0.243 e. The molecule has 0 atom stereocenters. The summed E-state index contributed by atoms with van der Waals surface area (Å²) >= 11 is 0. The first-order chi connectivity index (χ1) is 9.34. The number of anilines is 1. The Labute approximate surface area is 113 Å². The van der Waals surface area contributed by atoms with E-state index in [2.05, 4.69) is 17.1 Å². The van der Waals surface area contributed by atoms with Gasteiger partial charge in [0, 0.05) is 13.0 Å². The fourth-order valence-corrected chi connectivity index (χ4v) is 2.38. The Balaban J connectivity index is 1.83. The van der Waals surface area contributed by atoms with Crippen molar-refractivity contribution in [2.24, 2.45) is 0 Å². The van der Waals surface area contributed by atoms with Crippen LogP contribution in [0.2, 0.25) is 0 Å². The molecular formula is C16H16N2O. The average Bonchev–Trinajstić information content (AvgIpc) is 2.82. The second-order valence-corrected chi connectivity index (χ2v) is 4.65. The standard InChI is InChI=1S/C16H16N2O/c19-16-11-12-17(15-9-5-2-6-10-15)18(16)13-14-7-3-1-4-8-14/h1-10H,11-13H2. The zero-order valence-electron chi connectivity index (χ0n) is 10.7. The molecule has 1 aliphatic rings. The first-order valence-corrected chi connectivity index (χ1v) is 6.51. The number of carbonyl (C=O) groups excluding carboxylic acids is 1. The Kier molecular flexibility index (Phi) is 3.19. The Bertz CT molecular complexity index is 553. The van der Waals surface area contributed by atoms with Crippen molar-refractivity contribution >= 4 is 11.6 Å². The Morgan fingerprint density at radius 2 is 1.53 bits per heavy atom. The predicted octanol–water partition coefficient (Wildman–Crippen LogP) is 2.84. The van der Waals surface area contributed by atoms with Crippen molar-refractivity contribution in [2.75, 3.05) is 11.6 Å². The van der Waals surface area contributed by atoms with Gasteiger partial charge in [-0.25, -0.2) is 5.01 Å². The van der Waals surface area contributed by atoms with E-state index < -0.39 is 0 Å². The third kappa shape index (κ3) is 2.45. The van der Waals surface area contributed by atoms with E-state index in [1.807, 2.05) is 53.5 Å². The van der Waals surface area contributed by atoms with E-state index in [9.17, 15) is 4.79 Å². The molecule has 0 saturated carbocycles. The number of carbonyl (C=O) groups is 1. The van der Waals surface area contributed by atoms with Crippen molar-refractivity contribution < 1.29 is 4.79 Å². The summed E-state index contributed by atoms with van der Waals surface area (Å²) in [5, 5.41) is 3.90. The van der Waals surface area contributed by atoms with Gasteiger partial charge in [-0.2, -0.15) is 0 Å². The SMILES string of the molecule is O=C1CCN(c2ccccc2)N1Cc1ccccc1. The number of amides is 1. The Hall–Kier alpha value is -2.29. The smallest absolute Gasteiger partial charge is 0.243 e. The number of hydrogen-bond acceptors (Lipinski definition) is 2. The molecule has 1 heterocycles. The lowest BCUT2D eigenvalue weighted by molar-refractivity contribution is -0.128. The third-order valence-electron chi connectivity index (χ3n) is 3.35. The van der Waals surface area contributed by atoms with Gasteiger partial charge in [0.15, 0.2) is 0 Å². The Morgan fingerprint density at radius 1 is 0.895 bits per heavy atom. The predicted molar refractivity (Wildman–Crippen MR) is 75.4 cm³/mol. The lowest BCUT2D eigenvalue weighted by Gasteiger charge is -2.29. The fraction of sp³-hybridized carbons (Fsp3) is 0.188. The van der Waals surface area contributed by atoms with Crippen molar-refractivity contribution in [2.45, 2.75) is 13.0 Å². The van der Waals surface area contributed by atoms with Crippen LogP contribution in [0.25, 0.3) is 0 Å². The summed E-state index contributed by atoms with van der Waals surface area (Å²) in [7, 11) is 0. The molecule has 3 nitrogen and oxygen atoms in total. The largest absolute Gasteiger partial charge is 0.282 e. The van der Waals surface area contributed by atoms with Crippen LogP contribution in [-0.4, -0.2) is 17.5 Å². The topological polar surface area (TPSA) is 23.6 Å². The van der Waals surface area contributed by atoms with E-state index in [-0.39, 0.29) is 5.91 Å². The highest BCUT2D eigenvalue weighted by Crippen LogP contribution is 2.23. The van der Waals surface area contributed by atoms with Gasteiger partial charge >= 0.3 is 0 Å². The molecular weight excluding hydrogens is 236 g/mol. The van der Waals surface area contributed by atoms with Crippen molar-refractivity contribution in [3.8, 4) is 0 Å². The van der Waals surface area contributed by atoms with Gasteiger partial charge in [-0.05, 0) is 17.7 Å². The molecule has 0 radical (unpaired) electrons. The fourth-order valence-electron chi connectivity index (χ4n) is 2.38. The highest BCUT2D eigenvalue weighted by atomic mass is 16.2. The minimum Gasteiger partial charge on any atom is -0.282 e. The van der Waals surface area contributed by atoms with Crippen molar-refractivity contribution in [1.29, 1.82) is 0 Å². The van der Waals surface area contributed by atoms with Gasteiger partial charge in [-0.3, -0.25) is 9.80 Å². The first-order valence-electron chi connectivity index (χ1n) is 6.51.